The number of hydrogen-bond donors (Lipinski definition) is 1. The molecule has 0 spiro atoms. The molecule has 1 rings (SSSR count). The fraction of sp³-hybridized carbons (Fsp3) is 0.778. The Hall–Kier alpha value is -0.930. The zero-order chi connectivity index (χ0) is 10.2. The van der Waals surface area contributed by atoms with Crippen molar-refractivity contribution in [3.8, 4) is 0 Å². The van der Waals surface area contributed by atoms with Crippen molar-refractivity contribution in [2.75, 3.05) is 0 Å². The third-order valence-electron chi connectivity index (χ3n) is 2.56. The first-order valence-electron chi connectivity index (χ1n) is 4.29. The van der Waals surface area contributed by atoms with Gasteiger partial charge in [0.15, 0.2) is 0 Å². The fourth-order valence-electron chi connectivity index (χ4n) is 1.75. The van der Waals surface area contributed by atoms with Crippen LogP contribution in [0.1, 0.15) is 26.7 Å². The molecule has 3 nitrogen and oxygen atoms in total. The molecule has 0 aromatic carbocycles. The standard InChI is InChI=1S/C9H13FO3/c1-5(2)7(10)9(8(12)13)3-6(11)4-9/h5,7H,3-4H2,1-2H3,(H,12,13). The van der Waals surface area contributed by atoms with Crippen LogP contribution < -0.4 is 0 Å². The Labute approximate surface area is 75.9 Å². The van der Waals surface area contributed by atoms with E-state index in [1.54, 1.807) is 13.8 Å². The second-order valence-corrected chi connectivity index (χ2v) is 4.00. The molecule has 1 aliphatic rings. The van der Waals surface area contributed by atoms with E-state index in [9.17, 15) is 14.0 Å². The molecule has 0 radical (unpaired) electrons. The first-order chi connectivity index (χ1) is 5.90. The average Bonchev–Trinajstić information content (AvgIpc) is 1.96. The third-order valence-corrected chi connectivity index (χ3v) is 2.56. The van der Waals surface area contributed by atoms with Crippen molar-refractivity contribution in [2.24, 2.45) is 11.3 Å². The largest absolute Gasteiger partial charge is 0.481 e. The van der Waals surface area contributed by atoms with Gasteiger partial charge in [0.1, 0.15) is 17.4 Å². The second-order valence-electron chi connectivity index (χ2n) is 4.00. The molecule has 0 bridgehead atoms. The van der Waals surface area contributed by atoms with Crippen molar-refractivity contribution in [3.63, 3.8) is 0 Å². The fourth-order valence-corrected chi connectivity index (χ4v) is 1.75. The summed E-state index contributed by atoms with van der Waals surface area (Å²) in [7, 11) is 0. The molecule has 1 atom stereocenters. The molecule has 1 fully saturated rings. The summed E-state index contributed by atoms with van der Waals surface area (Å²) in [5.41, 5.74) is -1.43. The highest BCUT2D eigenvalue weighted by atomic mass is 19.1. The topological polar surface area (TPSA) is 54.4 Å². The van der Waals surface area contributed by atoms with Crippen LogP contribution in [0, 0.1) is 11.3 Å². The normalized spacial score (nSPS) is 22.6. The monoisotopic (exact) mass is 188 g/mol. The molecule has 0 amide bonds. The van der Waals surface area contributed by atoms with Crippen LogP contribution in [0.5, 0.6) is 0 Å². The third kappa shape index (κ3) is 1.45. The van der Waals surface area contributed by atoms with E-state index < -0.39 is 17.6 Å². The zero-order valence-electron chi connectivity index (χ0n) is 7.71. The van der Waals surface area contributed by atoms with Gasteiger partial charge in [-0.15, -0.1) is 0 Å². The predicted molar refractivity (Wildman–Crippen MR) is 44.0 cm³/mol. The number of carbonyl (C=O) groups is 2. The molecule has 1 unspecified atom stereocenters. The maximum absolute atomic E-state index is 13.5. The minimum Gasteiger partial charge on any atom is -0.481 e. The molecule has 1 saturated carbocycles. The number of carbonyl (C=O) groups excluding carboxylic acids is 1. The summed E-state index contributed by atoms with van der Waals surface area (Å²) in [6.45, 7) is 3.25. The highest BCUT2D eigenvalue weighted by Crippen LogP contribution is 2.45. The number of ketones is 1. The van der Waals surface area contributed by atoms with Gasteiger partial charge in [-0.3, -0.25) is 9.59 Å². The van der Waals surface area contributed by atoms with E-state index in [0.717, 1.165) is 0 Å². The Balaban J connectivity index is 2.81. The minimum absolute atomic E-state index is 0.151. The molecule has 0 saturated heterocycles. The molecular weight excluding hydrogens is 175 g/mol. The lowest BCUT2D eigenvalue weighted by atomic mass is 9.62. The quantitative estimate of drug-likeness (QED) is 0.728. The van der Waals surface area contributed by atoms with Gasteiger partial charge in [-0.05, 0) is 5.92 Å². The first kappa shape index (κ1) is 10.2. The van der Waals surface area contributed by atoms with E-state index >= 15 is 0 Å². The number of aliphatic carboxylic acids is 1. The van der Waals surface area contributed by atoms with E-state index in [1.807, 2.05) is 0 Å². The van der Waals surface area contributed by atoms with Crippen LogP contribution in [0.25, 0.3) is 0 Å². The Kier molecular flexibility index (Phi) is 2.41. The number of carboxylic acid groups (broad SMARTS) is 1. The van der Waals surface area contributed by atoms with Gasteiger partial charge in [0, 0.05) is 12.8 Å². The van der Waals surface area contributed by atoms with Crippen LogP contribution in [0.4, 0.5) is 4.39 Å². The van der Waals surface area contributed by atoms with Gasteiger partial charge in [0.05, 0.1) is 0 Å². The zero-order valence-corrected chi connectivity index (χ0v) is 7.71. The number of Topliss-reactive ketones (excluding diaryl/α,β-unsaturated/α-hetero) is 1. The van der Waals surface area contributed by atoms with Crippen molar-refractivity contribution in [1.82, 2.24) is 0 Å². The van der Waals surface area contributed by atoms with Crippen LogP contribution in [-0.2, 0) is 9.59 Å². The SMILES string of the molecule is CC(C)C(F)C1(C(=O)O)CC(=O)C1. The predicted octanol–water partition coefficient (Wildman–Crippen LogP) is 1.41. The molecule has 74 valence electrons. The summed E-state index contributed by atoms with van der Waals surface area (Å²) >= 11 is 0. The Bertz CT molecular complexity index is 239. The lowest BCUT2D eigenvalue weighted by Crippen LogP contribution is -2.52. The van der Waals surface area contributed by atoms with E-state index in [1.165, 1.54) is 0 Å². The smallest absolute Gasteiger partial charge is 0.313 e. The van der Waals surface area contributed by atoms with Crippen molar-refractivity contribution in [1.29, 1.82) is 0 Å². The number of halogens is 1. The van der Waals surface area contributed by atoms with Gasteiger partial charge in [-0.25, -0.2) is 4.39 Å². The average molecular weight is 188 g/mol. The highest BCUT2D eigenvalue weighted by molar-refractivity contribution is 5.97. The summed E-state index contributed by atoms with van der Waals surface area (Å²) in [4.78, 5) is 21.5. The molecule has 0 aromatic rings. The molecule has 1 N–H and O–H groups in total. The Morgan fingerprint density at radius 1 is 1.54 bits per heavy atom. The second kappa shape index (κ2) is 3.09. The van der Waals surface area contributed by atoms with Crippen LogP contribution in [0.3, 0.4) is 0 Å². The molecule has 0 aromatic heterocycles. The van der Waals surface area contributed by atoms with Gasteiger partial charge >= 0.3 is 5.97 Å². The number of rotatable bonds is 3. The van der Waals surface area contributed by atoms with E-state index in [0.29, 0.717) is 0 Å². The first-order valence-corrected chi connectivity index (χ1v) is 4.29. The molecule has 0 aliphatic heterocycles. The number of alkyl halides is 1. The van der Waals surface area contributed by atoms with Crippen molar-refractivity contribution < 1.29 is 19.1 Å². The van der Waals surface area contributed by atoms with Crippen LogP contribution in [0.15, 0.2) is 0 Å². The molecule has 1 aliphatic carbocycles. The Morgan fingerprint density at radius 3 is 2.23 bits per heavy atom. The van der Waals surface area contributed by atoms with Crippen LogP contribution in [-0.4, -0.2) is 23.0 Å². The van der Waals surface area contributed by atoms with Gasteiger partial charge < -0.3 is 5.11 Å². The maximum atomic E-state index is 13.5. The summed E-state index contributed by atoms with van der Waals surface area (Å²) in [5, 5.41) is 8.83. The van der Waals surface area contributed by atoms with E-state index in [4.69, 9.17) is 5.11 Å². The summed E-state index contributed by atoms with van der Waals surface area (Å²) in [5.74, 6) is -1.71. The van der Waals surface area contributed by atoms with Gasteiger partial charge in [-0.2, -0.15) is 0 Å². The minimum atomic E-state index is -1.43. The van der Waals surface area contributed by atoms with Crippen molar-refractivity contribution in [3.05, 3.63) is 0 Å². The lowest BCUT2D eigenvalue weighted by molar-refractivity contribution is -0.168. The summed E-state index contributed by atoms with van der Waals surface area (Å²) in [6, 6.07) is 0. The van der Waals surface area contributed by atoms with Crippen LogP contribution in [0.2, 0.25) is 0 Å². The maximum Gasteiger partial charge on any atom is 0.313 e. The highest BCUT2D eigenvalue weighted by Gasteiger charge is 2.56. The number of hydrogen-bond acceptors (Lipinski definition) is 2. The van der Waals surface area contributed by atoms with Crippen LogP contribution >= 0.6 is 0 Å². The van der Waals surface area contributed by atoms with Crippen molar-refractivity contribution in [2.45, 2.75) is 32.9 Å². The molecule has 13 heavy (non-hydrogen) atoms. The van der Waals surface area contributed by atoms with Crippen molar-refractivity contribution >= 4 is 11.8 Å². The van der Waals surface area contributed by atoms with E-state index in [2.05, 4.69) is 0 Å². The lowest BCUT2D eigenvalue weighted by Gasteiger charge is -2.40. The molecule has 0 heterocycles. The summed E-state index contributed by atoms with van der Waals surface area (Å²) < 4.78 is 13.5. The molecular formula is C9H13FO3. The van der Waals surface area contributed by atoms with Gasteiger partial charge in [-0.1, -0.05) is 13.8 Å². The van der Waals surface area contributed by atoms with E-state index in [-0.39, 0.29) is 24.5 Å². The Morgan fingerprint density at radius 2 is 2.00 bits per heavy atom. The summed E-state index contributed by atoms with van der Waals surface area (Å²) in [6.07, 6.45) is -1.73. The number of carboxylic acids is 1. The molecule has 4 heteroatoms. The van der Waals surface area contributed by atoms with Gasteiger partial charge in [0.25, 0.3) is 0 Å². The van der Waals surface area contributed by atoms with Gasteiger partial charge in [0.2, 0.25) is 0 Å².